The first-order chi connectivity index (χ1) is 14.5. The molecule has 3 rings (SSSR count). The molecule has 0 atom stereocenters. The van der Waals surface area contributed by atoms with Crippen molar-refractivity contribution in [2.45, 2.75) is 6.61 Å². The zero-order chi connectivity index (χ0) is 21.5. The Morgan fingerprint density at radius 2 is 1.80 bits per heavy atom. The third-order valence-electron chi connectivity index (χ3n) is 4.08. The fourth-order valence-corrected chi connectivity index (χ4v) is 3.58. The van der Waals surface area contributed by atoms with Crippen molar-refractivity contribution in [3.05, 3.63) is 91.9 Å². The SMILES string of the molecule is COc1cc(/C=N/NC(=O)c2ccccc2Cl)cc(Br)c1OCc1ccccc1Cl. The molecule has 0 aromatic heterocycles. The molecule has 30 heavy (non-hydrogen) atoms. The summed E-state index contributed by atoms with van der Waals surface area (Å²) in [6, 6.07) is 17.8. The van der Waals surface area contributed by atoms with Gasteiger partial charge in [0.1, 0.15) is 6.61 Å². The van der Waals surface area contributed by atoms with Crippen molar-refractivity contribution in [2.24, 2.45) is 5.10 Å². The molecule has 0 aliphatic heterocycles. The van der Waals surface area contributed by atoms with E-state index in [1.54, 1.807) is 43.5 Å². The van der Waals surface area contributed by atoms with Crippen molar-refractivity contribution in [3.8, 4) is 11.5 Å². The van der Waals surface area contributed by atoms with E-state index in [9.17, 15) is 4.79 Å². The third-order valence-corrected chi connectivity index (χ3v) is 5.37. The van der Waals surface area contributed by atoms with Crippen LogP contribution in [-0.2, 0) is 6.61 Å². The quantitative estimate of drug-likeness (QED) is 0.310. The molecule has 0 aliphatic rings. The van der Waals surface area contributed by atoms with Crippen molar-refractivity contribution >= 4 is 51.3 Å². The number of amides is 1. The third kappa shape index (κ3) is 5.53. The number of rotatable bonds is 7. The molecule has 0 saturated heterocycles. The van der Waals surface area contributed by atoms with E-state index in [1.165, 1.54) is 6.21 Å². The first kappa shape index (κ1) is 22.2. The standard InChI is InChI=1S/C22H17BrCl2N2O3/c1-29-20-11-14(12-26-27-22(28)16-7-3-5-9-19(16)25)10-17(23)21(20)30-13-15-6-2-4-8-18(15)24/h2-12H,13H2,1H3,(H,27,28)/b26-12+. The van der Waals surface area contributed by atoms with Crippen LogP contribution < -0.4 is 14.9 Å². The molecule has 0 bridgehead atoms. The summed E-state index contributed by atoms with van der Waals surface area (Å²) in [6.07, 6.45) is 1.50. The maximum absolute atomic E-state index is 12.2. The first-order valence-corrected chi connectivity index (χ1v) is 10.4. The van der Waals surface area contributed by atoms with Gasteiger partial charge in [-0.25, -0.2) is 5.43 Å². The predicted octanol–water partition coefficient (Wildman–Crippen LogP) is 6.11. The minimum Gasteiger partial charge on any atom is -0.493 e. The number of hydrogen-bond acceptors (Lipinski definition) is 4. The number of carbonyl (C=O) groups excluding carboxylic acids is 1. The van der Waals surface area contributed by atoms with Crippen LogP contribution >= 0.6 is 39.1 Å². The smallest absolute Gasteiger partial charge is 0.272 e. The summed E-state index contributed by atoms with van der Waals surface area (Å²) in [5.41, 5.74) is 4.36. The van der Waals surface area contributed by atoms with Crippen LogP contribution in [0.2, 0.25) is 10.0 Å². The van der Waals surface area contributed by atoms with E-state index in [4.69, 9.17) is 32.7 Å². The molecular weight excluding hydrogens is 491 g/mol. The van der Waals surface area contributed by atoms with Crippen LogP contribution in [0.3, 0.4) is 0 Å². The van der Waals surface area contributed by atoms with Gasteiger partial charge < -0.3 is 9.47 Å². The number of nitrogens with zero attached hydrogens (tertiary/aromatic N) is 1. The summed E-state index contributed by atoms with van der Waals surface area (Å²) in [4.78, 5) is 12.2. The summed E-state index contributed by atoms with van der Waals surface area (Å²) in [5, 5.41) is 4.98. The van der Waals surface area contributed by atoms with Gasteiger partial charge in [0.05, 0.1) is 28.4 Å². The second kappa shape index (κ2) is 10.5. The van der Waals surface area contributed by atoms with E-state index in [2.05, 4.69) is 26.5 Å². The van der Waals surface area contributed by atoms with Gasteiger partial charge in [0.15, 0.2) is 11.5 Å². The van der Waals surface area contributed by atoms with Gasteiger partial charge in [-0.05, 0) is 51.8 Å². The molecule has 154 valence electrons. The largest absolute Gasteiger partial charge is 0.493 e. The van der Waals surface area contributed by atoms with Crippen molar-refractivity contribution in [1.29, 1.82) is 0 Å². The summed E-state index contributed by atoms with van der Waals surface area (Å²) >= 11 is 15.7. The number of benzene rings is 3. The van der Waals surface area contributed by atoms with Crippen LogP contribution in [0.1, 0.15) is 21.5 Å². The Hall–Kier alpha value is -2.54. The van der Waals surface area contributed by atoms with Gasteiger partial charge in [0.25, 0.3) is 5.91 Å². The number of hydrazone groups is 1. The van der Waals surface area contributed by atoms with Crippen LogP contribution in [0.5, 0.6) is 11.5 Å². The van der Waals surface area contributed by atoms with Gasteiger partial charge in [0, 0.05) is 10.6 Å². The molecule has 1 amide bonds. The Morgan fingerprint density at radius 1 is 1.10 bits per heavy atom. The number of hydrogen-bond donors (Lipinski definition) is 1. The van der Waals surface area contributed by atoms with E-state index >= 15 is 0 Å². The summed E-state index contributed by atoms with van der Waals surface area (Å²) in [6.45, 7) is 0.288. The molecular formula is C22H17BrCl2N2O3. The Kier molecular flexibility index (Phi) is 7.74. The Balaban J connectivity index is 1.72. The van der Waals surface area contributed by atoms with Crippen LogP contribution in [0.4, 0.5) is 0 Å². The normalized spacial score (nSPS) is 10.8. The summed E-state index contributed by atoms with van der Waals surface area (Å²) in [7, 11) is 1.55. The molecule has 5 nitrogen and oxygen atoms in total. The van der Waals surface area contributed by atoms with Crippen LogP contribution in [0, 0.1) is 0 Å². The van der Waals surface area contributed by atoms with Crippen molar-refractivity contribution in [1.82, 2.24) is 5.43 Å². The highest BCUT2D eigenvalue weighted by Gasteiger charge is 2.13. The molecule has 3 aromatic rings. The number of nitrogens with one attached hydrogen (secondary N) is 1. The Labute approximate surface area is 192 Å². The molecule has 8 heteroatoms. The Morgan fingerprint density at radius 3 is 2.50 bits per heavy atom. The number of ether oxygens (including phenoxy) is 2. The minimum absolute atomic E-state index is 0.288. The average molecular weight is 508 g/mol. The highest BCUT2D eigenvalue weighted by atomic mass is 79.9. The molecule has 3 aromatic carbocycles. The van der Waals surface area contributed by atoms with Crippen LogP contribution in [0.15, 0.2) is 70.2 Å². The fourth-order valence-electron chi connectivity index (χ4n) is 2.59. The zero-order valence-corrected chi connectivity index (χ0v) is 19.0. The molecule has 0 aliphatic carbocycles. The average Bonchev–Trinajstić information content (AvgIpc) is 2.74. The van der Waals surface area contributed by atoms with E-state index < -0.39 is 5.91 Å². The van der Waals surface area contributed by atoms with Gasteiger partial charge in [-0.2, -0.15) is 5.10 Å². The highest BCUT2D eigenvalue weighted by Crippen LogP contribution is 2.37. The summed E-state index contributed by atoms with van der Waals surface area (Å²) in [5.74, 6) is 0.646. The van der Waals surface area contributed by atoms with E-state index in [1.807, 2.05) is 24.3 Å². The van der Waals surface area contributed by atoms with Gasteiger partial charge in [-0.1, -0.05) is 53.5 Å². The highest BCUT2D eigenvalue weighted by molar-refractivity contribution is 9.10. The maximum Gasteiger partial charge on any atom is 0.272 e. The summed E-state index contributed by atoms with van der Waals surface area (Å²) < 4.78 is 12.0. The van der Waals surface area contributed by atoms with E-state index in [-0.39, 0.29) is 6.61 Å². The van der Waals surface area contributed by atoms with E-state index in [0.717, 1.165) is 5.56 Å². The lowest BCUT2D eigenvalue weighted by atomic mass is 10.2. The van der Waals surface area contributed by atoms with E-state index in [0.29, 0.717) is 37.1 Å². The second-order valence-electron chi connectivity index (χ2n) is 6.09. The molecule has 0 fully saturated rings. The molecule has 1 N–H and O–H groups in total. The second-order valence-corrected chi connectivity index (χ2v) is 7.76. The lowest BCUT2D eigenvalue weighted by Gasteiger charge is -2.14. The minimum atomic E-state index is -0.400. The molecule has 0 saturated carbocycles. The fraction of sp³-hybridized carbons (Fsp3) is 0.0909. The lowest BCUT2D eigenvalue weighted by Crippen LogP contribution is -2.17. The van der Waals surface area contributed by atoms with Crippen molar-refractivity contribution < 1.29 is 14.3 Å². The van der Waals surface area contributed by atoms with Crippen LogP contribution in [-0.4, -0.2) is 19.2 Å². The lowest BCUT2D eigenvalue weighted by molar-refractivity contribution is 0.0955. The molecule has 0 unspecified atom stereocenters. The monoisotopic (exact) mass is 506 g/mol. The number of halogens is 3. The van der Waals surface area contributed by atoms with Gasteiger partial charge in [-0.15, -0.1) is 0 Å². The van der Waals surface area contributed by atoms with Crippen molar-refractivity contribution in [2.75, 3.05) is 7.11 Å². The predicted molar refractivity (Wildman–Crippen MR) is 123 cm³/mol. The van der Waals surface area contributed by atoms with Crippen LogP contribution in [0.25, 0.3) is 0 Å². The van der Waals surface area contributed by atoms with Gasteiger partial charge in [0.2, 0.25) is 0 Å². The molecule has 0 radical (unpaired) electrons. The number of carbonyl (C=O) groups is 1. The maximum atomic E-state index is 12.2. The Bertz CT molecular complexity index is 1090. The zero-order valence-electron chi connectivity index (χ0n) is 15.9. The molecule has 0 spiro atoms. The molecule has 0 heterocycles. The van der Waals surface area contributed by atoms with Gasteiger partial charge in [-0.3, -0.25) is 4.79 Å². The topological polar surface area (TPSA) is 59.9 Å². The first-order valence-electron chi connectivity index (χ1n) is 8.81. The van der Waals surface area contributed by atoms with Crippen molar-refractivity contribution in [3.63, 3.8) is 0 Å². The van der Waals surface area contributed by atoms with Gasteiger partial charge >= 0.3 is 0 Å². The number of methoxy groups -OCH3 is 1.